The van der Waals surface area contributed by atoms with Gasteiger partial charge in [-0.2, -0.15) is 8.42 Å². The summed E-state index contributed by atoms with van der Waals surface area (Å²) < 4.78 is 48.7. The zero-order valence-electron chi connectivity index (χ0n) is 20.5. The molecule has 3 aromatic carbocycles. The third-order valence-corrected chi connectivity index (χ3v) is 7.19. The average Bonchev–Trinajstić information content (AvgIpc) is 2.89. The Hall–Kier alpha value is -3.82. The van der Waals surface area contributed by atoms with Crippen LogP contribution < -0.4 is 19.6 Å². The molecule has 0 aliphatic heterocycles. The summed E-state index contributed by atoms with van der Waals surface area (Å²) in [6.07, 6.45) is 1.68. The minimum Gasteiger partial charge on any atom is -0.497 e. The van der Waals surface area contributed by atoms with Crippen molar-refractivity contribution in [3.8, 4) is 28.4 Å². The molecule has 1 aromatic heterocycles. The van der Waals surface area contributed by atoms with Gasteiger partial charge in [-0.05, 0) is 48.9 Å². The van der Waals surface area contributed by atoms with Gasteiger partial charge in [0.1, 0.15) is 17.2 Å². The van der Waals surface area contributed by atoms with E-state index in [9.17, 15) is 13.2 Å². The summed E-state index contributed by atoms with van der Waals surface area (Å²) in [5, 5.41) is 0.326. The molecule has 0 saturated heterocycles. The van der Waals surface area contributed by atoms with Gasteiger partial charge in [-0.25, -0.2) is 0 Å². The minimum absolute atomic E-state index is 0.0797. The first-order valence-electron chi connectivity index (χ1n) is 11.2. The fourth-order valence-electron chi connectivity index (χ4n) is 3.98. The number of benzene rings is 3. The number of ether oxygens (including phenoxy) is 3. The largest absolute Gasteiger partial charge is 0.497 e. The highest BCUT2D eigenvalue weighted by Crippen LogP contribution is 2.33. The average molecular weight is 510 g/mol. The number of methoxy groups -OCH3 is 3. The first-order valence-corrected chi connectivity index (χ1v) is 12.6. The number of nitrogens with zero attached hydrogens (tertiary/aromatic N) is 1. The molecule has 0 amide bonds. The lowest BCUT2D eigenvalue weighted by Crippen LogP contribution is -2.17. The molecule has 9 heteroatoms. The van der Waals surface area contributed by atoms with Crippen molar-refractivity contribution in [2.24, 2.45) is 0 Å². The standard InChI is InChI=1S/C27H27NO7S/c1-18-5-11-21(12-6-18)36(30,31)35-16-15-28-17-22(19-7-9-20(32-2)10-8-19)27(29)25-23(33-3)13-14-24(34-4)26(25)28/h5-14,17H,15-16H2,1-4H3. The number of hydrogen-bond donors (Lipinski definition) is 0. The molecule has 188 valence electrons. The van der Waals surface area contributed by atoms with Crippen molar-refractivity contribution in [2.75, 3.05) is 27.9 Å². The van der Waals surface area contributed by atoms with Gasteiger partial charge in [-0.3, -0.25) is 8.98 Å². The maximum absolute atomic E-state index is 13.6. The number of rotatable bonds is 9. The molecule has 0 N–H and O–H groups in total. The Morgan fingerprint density at radius 2 is 1.44 bits per heavy atom. The molecule has 0 atom stereocenters. The van der Waals surface area contributed by atoms with Gasteiger partial charge >= 0.3 is 0 Å². The van der Waals surface area contributed by atoms with E-state index < -0.39 is 10.1 Å². The first kappa shape index (κ1) is 25.3. The zero-order chi connectivity index (χ0) is 25.9. The van der Waals surface area contributed by atoms with E-state index in [4.69, 9.17) is 18.4 Å². The van der Waals surface area contributed by atoms with Gasteiger partial charge in [0.05, 0.1) is 43.7 Å². The Morgan fingerprint density at radius 1 is 0.806 bits per heavy atom. The first-order chi connectivity index (χ1) is 17.3. The van der Waals surface area contributed by atoms with E-state index in [1.807, 2.05) is 6.92 Å². The molecule has 0 fully saturated rings. The van der Waals surface area contributed by atoms with Crippen molar-refractivity contribution < 1.29 is 26.8 Å². The van der Waals surface area contributed by atoms with Crippen molar-refractivity contribution >= 4 is 21.0 Å². The lowest BCUT2D eigenvalue weighted by molar-refractivity contribution is 0.302. The molecule has 36 heavy (non-hydrogen) atoms. The van der Waals surface area contributed by atoms with Crippen molar-refractivity contribution in [1.82, 2.24) is 4.57 Å². The molecule has 0 radical (unpaired) electrons. The number of aromatic nitrogens is 1. The Labute approximate surface area is 209 Å². The molecule has 0 aliphatic rings. The topological polar surface area (TPSA) is 93.1 Å². The molecule has 4 rings (SSSR count). The molecule has 1 heterocycles. The molecule has 0 spiro atoms. The van der Waals surface area contributed by atoms with Crippen LogP contribution >= 0.6 is 0 Å². The van der Waals surface area contributed by atoms with Crippen LogP contribution in [0.25, 0.3) is 22.0 Å². The van der Waals surface area contributed by atoms with Crippen LogP contribution in [0.15, 0.2) is 76.6 Å². The molecular weight excluding hydrogens is 482 g/mol. The van der Waals surface area contributed by atoms with Crippen LogP contribution in [0.4, 0.5) is 0 Å². The van der Waals surface area contributed by atoms with Crippen molar-refractivity contribution in [3.63, 3.8) is 0 Å². The Morgan fingerprint density at radius 3 is 2.06 bits per heavy atom. The van der Waals surface area contributed by atoms with E-state index in [0.29, 0.717) is 39.3 Å². The minimum atomic E-state index is -3.95. The second-order valence-corrected chi connectivity index (χ2v) is 9.69. The summed E-state index contributed by atoms with van der Waals surface area (Å²) in [4.78, 5) is 13.7. The second kappa shape index (κ2) is 10.4. The summed E-state index contributed by atoms with van der Waals surface area (Å²) in [7, 11) is 0.611. The summed E-state index contributed by atoms with van der Waals surface area (Å²) in [5.41, 5.74) is 2.28. The maximum Gasteiger partial charge on any atom is 0.297 e. The van der Waals surface area contributed by atoms with E-state index in [0.717, 1.165) is 5.56 Å². The van der Waals surface area contributed by atoms with Gasteiger partial charge in [0, 0.05) is 18.3 Å². The highest BCUT2D eigenvalue weighted by Gasteiger charge is 2.20. The SMILES string of the molecule is COc1ccc(-c2cn(CCOS(=O)(=O)c3ccc(C)cc3)c3c(OC)ccc(OC)c3c2=O)cc1. The molecular formula is C27H27NO7S. The van der Waals surface area contributed by atoms with Crippen LogP contribution in [0.1, 0.15) is 5.56 Å². The fourth-order valence-corrected chi connectivity index (χ4v) is 4.88. The molecule has 0 bridgehead atoms. The summed E-state index contributed by atoms with van der Waals surface area (Å²) in [6.45, 7) is 1.85. The van der Waals surface area contributed by atoms with E-state index >= 15 is 0 Å². The van der Waals surface area contributed by atoms with Crippen LogP contribution in [0, 0.1) is 6.92 Å². The van der Waals surface area contributed by atoms with Gasteiger partial charge in [0.25, 0.3) is 10.1 Å². The Balaban J connectivity index is 1.79. The normalized spacial score (nSPS) is 11.4. The van der Waals surface area contributed by atoms with Gasteiger partial charge in [0.2, 0.25) is 5.43 Å². The van der Waals surface area contributed by atoms with Crippen LogP contribution in [0.3, 0.4) is 0 Å². The quantitative estimate of drug-likeness (QED) is 0.309. The van der Waals surface area contributed by atoms with E-state index in [1.54, 1.807) is 66.4 Å². The molecule has 8 nitrogen and oxygen atoms in total. The predicted molar refractivity (Wildman–Crippen MR) is 138 cm³/mol. The predicted octanol–water partition coefficient (Wildman–Crippen LogP) is 4.41. The Bertz CT molecular complexity index is 1540. The van der Waals surface area contributed by atoms with Crippen LogP contribution in [0.2, 0.25) is 0 Å². The van der Waals surface area contributed by atoms with Gasteiger partial charge < -0.3 is 18.8 Å². The number of fused-ring (bicyclic) bond motifs is 1. The number of hydrogen-bond acceptors (Lipinski definition) is 7. The zero-order valence-corrected chi connectivity index (χ0v) is 21.3. The van der Waals surface area contributed by atoms with E-state index in [-0.39, 0.29) is 23.5 Å². The molecule has 4 aromatic rings. The lowest BCUT2D eigenvalue weighted by Gasteiger charge is -2.18. The lowest BCUT2D eigenvalue weighted by atomic mass is 10.0. The smallest absolute Gasteiger partial charge is 0.297 e. The number of aryl methyl sites for hydroxylation is 1. The third kappa shape index (κ3) is 4.93. The third-order valence-electron chi connectivity index (χ3n) is 5.87. The summed E-state index contributed by atoms with van der Waals surface area (Å²) in [5.74, 6) is 1.49. The fraction of sp³-hybridized carbons (Fsp3) is 0.222. The van der Waals surface area contributed by atoms with Crippen molar-refractivity contribution in [3.05, 3.63) is 82.6 Å². The molecule has 0 aliphatic carbocycles. The summed E-state index contributed by atoms with van der Waals surface area (Å²) in [6, 6.07) is 16.9. The highest BCUT2D eigenvalue weighted by molar-refractivity contribution is 7.86. The second-order valence-electron chi connectivity index (χ2n) is 8.08. The van der Waals surface area contributed by atoms with Gasteiger partial charge in [0.15, 0.2) is 0 Å². The molecule has 0 unspecified atom stereocenters. The highest BCUT2D eigenvalue weighted by atomic mass is 32.2. The molecule has 0 saturated carbocycles. The van der Waals surface area contributed by atoms with E-state index in [2.05, 4.69) is 0 Å². The van der Waals surface area contributed by atoms with Crippen LogP contribution in [-0.4, -0.2) is 40.9 Å². The van der Waals surface area contributed by atoms with Crippen molar-refractivity contribution in [2.45, 2.75) is 18.4 Å². The summed E-state index contributed by atoms with van der Waals surface area (Å²) >= 11 is 0. The van der Waals surface area contributed by atoms with Crippen LogP contribution in [-0.2, 0) is 20.8 Å². The Kier molecular flexibility index (Phi) is 7.32. The van der Waals surface area contributed by atoms with Gasteiger partial charge in [-0.15, -0.1) is 0 Å². The number of pyridine rings is 1. The van der Waals surface area contributed by atoms with E-state index in [1.165, 1.54) is 26.4 Å². The van der Waals surface area contributed by atoms with Crippen LogP contribution in [0.5, 0.6) is 17.2 Å². The van der Waals surface area contributed by atoms with Gasteiger partial charge in [-0.1, -0.05) is 29.8 Å². The monoisotopic (exact) mass is 509 g/mol. The van der Waals surface area contributed by atoms with Crippen molar-refractivity contribution in [1.29, 1.82) is 0 Å². The maximum atomic E-state index is 13.6.